The van der Waals surface area contributed by atoms with E-state index < -0.39 is 11.4 Å². The zero-order valence-electron chi connectivity index (χ0n) is 14.1. The molecule has 0 amide bonds. The van der Waals surface area contributed by atoms with Gasteiger partial charge in [-0.25, -0.2) is 0 Å². The smallest absolute Gasteiger partial charge is 0.304 e. The zero-order chi connectivity index (χ0) is 16.3. The first-order chi connectivity index (χ1) is 11.0. The summed E-state index contributed by atoms with van der Waals surface area (Å²) in [5.41, 5.74) is 1.47. The zero-order valence-corrected chi connectivity index (χ0v) is 14.1. The number of aliphatic carboxylic acids is 1. The summed E-state index contributed by atoms with van der Waals surface area (Å²) >= 11 is 0. The fraction of sp³-hybridized carbons (Fsp3) is 0.650. The largest absolute Gasteiger partial charge is 0.490 e. The van der Waals surface area contributed by atoms with Crippen LogP contribution in [0.4, 0.5) is 0 Å². The van der Waals surface area contributed by atoms with Crippen molar-refractivity contribution >= 4 is 5.97 Å². The van der Waals surface area contributed by atoms with E-state index in [1.165, 1.54) is 50.5 Å². The number of rotatable bonds is 5. The highest BCUT2D eigenvalue weighted by atomic mass is 16.5. The summed E-state index contributed by atoms with van der Waals surface area (Å²) in [6, 6.07) is 0. The third-order valence-electron chi connectivity index (χ3n) is 5.59. The highest BCUT2D eigenvalue weighted by molar-refractivity contribution is 5.69. The van der Waals surface area contributed by atoms with Crippen molar-refractivity contribution in [3.63, 3.8) is 0 Å². The molecule has 0 bridgehead atoms. The molecule has 1 N–H and O–H groups in total. The molecule has 0 aromatic rings. The fourth-order valence-electron chi connectivity index (χ4n) is 4.40. The van der Waals surface area contributed by atoms with Crippen molar-refractivity contribution < 1.29 is 14.6 Å². The number of hydrogen-bond acceptors (Lipinski definition) is 2. The Morgan fingerprint density at radius 1 is 1.17 bits per heavy atom. The molecule has 0 aliphatic heterocycles. The van der Waals surface area contributed by atoms with Gasteiger partial charge < -0.3 is 9.84 Å². The van der Waals surface area contributed by atoms with E-state index in [2.05, 4.69) is 6.08 Å². The van der Waals surface area contributed by atoms with Gasteiger partial charge in [-0.3, -0.25) is 4.79 Å². The fourth-order valence-corrected chi connectivity index (χ4v) is 4.40. The van der Waals surface area contributed by atoms with Gasteiger partial charge in [0.05, 0.1) is 6.42 Å². The van der Waals surface area contributed by atoms with Gasteiger partial charge in [0.15, 0.2) is 0 Å². The van der Waals surface area contributed by atoms with Gasteiger partial charge in [0.2, 0.25) is 0 Å². The second-order valence-electron chi connectivity index (χ2n) is 7.82. The Labute approximate surface area is 139 Å². The normalized spacial score (nSPS) is 29.3. The lowest BCUT2D eigenvalue weighted by atomic mass is 9.67. The summed E-state index contributed by atoms with van der Waals surface area (Å²) in [5, 5.41) is 8.99. The van der Waals surface area contributed by atoms with Crippen LogP contribution in [0.15, 0.2) is 35.6 Å². The average Bonchev–Trinajstić information content (AvgIpc) is 2.86. The van der Waals surface area contributed by atoms with Crippen molar-refractivity contribution in [3.05, 3.63) is 35.6 Å². The minimum atomic E-state index is -0.774. The second kappa shape index (κ2) is 6.54. The number of carbonyl (C=O) groups is 1. The molecule has 126 valence electrons. The van der Waals surface area contributed by atoms with Crippen LogP contribution < -0.4 is 0 Å². The summed E-state index contributed by atoms with van der Waals surface area (Å²) in [4.78, 5) is 10.9. The molecule has 0 aromatic carbocycles. The van der Waals surface area contributed by atoms with Crippen LogP contribution in [0.25, 0.3) is 0 Å². The third-order valence-corrected chi connectivity index (χ3v) is 5.59. The van der Waals surface area contributed by atoms with Crippen LogP contribution in [0.5, 0.6) is 0 Å². The molecule has 0 radical (unpaired) electrons. The molecule has 1 unspecified atom stereocenters. The first-order valence-corrected chi connectivity index (χ1v) is 8.96. The van der Waals surface area contributed by atoms with E-state index in [9.17, 15) is 4.79 Å². The molecular weight excluding hydrogens is 288 g/mol. The number of ether oxygens (including phenoxy) is 1. The molecule has 0 saturated heterocycles. The van der Waals surface area contributed by atoms with Gasteiger partial charge in [0.25, 0.3) is 0 Å². The average molecular weight is 316 g/mol. The molecule has 23 heavy (non-hydrogen) atoms. The molecule has 1 spiro atoms. The minimum absolute atomic E-state index is 0.113. The molecule has 1 atom stereocenters. The van der Waals surface area contributed by atoms with Crippen LogP contribution in [-0.2, 0) is 9.53 Å². The lowest BCUT2D eigenvalue weighted by molar-refractivity contribution is -0.138. The maximum Gasteiger partial charge on any atom is 0.304 e. The Balaban J connectivity index is 1.59. The summed E-state index contributed by atoms with van der Waals surface area (Å²) < 4.78 is 5.97. The topological polar surface area (TPSA) is 46.5 Å². The van der Waals surface area contributed by atoms with Crippen molar-refractivity contribution in [1.29, 1.82) is 0 Å². The molecule has 1 saturated carbocycles. The van der Waals surface area contributed by atoms with Crippen LogP contribution in [0.2, 0.25) is 0 Å². The first-order valence-electron chi connectivity index (χ1n) is 8.96. The number of carboxylic acid groups (broad SMARTS) is 1. The molecule has 0 aromatic heterocycles. The predicted molar refractivity (Wildman–Crippen MR) is 91.0 cm³/mol. The number of allylic oxidation sites excluding steroid dienone is 4. The van der Waals surface area contributed by atoms with Crippen LogP contribution in [0, 0.1) is 10.8 Å². The maximum absolute atomic E-state index is 10.9. The van der Waals surface area contributed by atoms with E-state index in [0.29, 0.717) is 12.0 Å². The van der Waals surface area contributed by atoms with E-state index in [4.69, 9.17) is 9.84 Å². The molecule has 1 fully saturated rings. The molecule has 3 aliphatic rings. The maximum atomic E-state index is 10.9. The Morgan fingerprint density at radius 3 is 2.65 bits per heavy atom. The minimum Gasteiger partial charge on any atom is -0.490 e. The third kappa shape index (κ3) is 4.07. The van der Waals surface area contributed by atoms with Crippen molar-refractivity contribution in [2.24, 2.45) is 10.8 Å². The first kappa shape index (κ1) is 16.4. The van der Waals surface area contributed by atoms with Gasteiger partial charge in [-0.15, -0.1) is 0 Å². The highest BCUT2D eigenvalue weighted by Gasteiger charge is 2.32. The van der Waals surface area contributed by atoms with Crippen molar-refractivity contribution in [1.82, 2.24) is 0 Å². The van der Waals surface area contributed by atoms with Crippen LogP contribution in [0.3, 0.4) is 0 Å². The SMILES string of the molecule is CC1(CC(=O)O)C=CC(OCC2=CC3(CCCCC3)CCC2)=C1. The molecule has 0 heterocycles. The van der Waals surface area contributed by atoms with Crippen LogP contribution >= 0.6 is 0 Å². The molecule has 3 rings (SSSR count). The lowest BCUT2D eigenvalue weighted by Crippen LogP contribution is -2.25. The predicted octanol–water partition coefficient (Wildman–Crippen LogP) is 5.00. The standard InChI is InChI=1S/C20H28O3/c1-19(14-18(21)22)11-7-17(13-19)23-15-16-6-5-10-20(12-16)8-3-2-4-9-20/h7,11-13H,2-6,8-10,14-15H2,1H3,(H,21,22). The van der Waals surface area contributed by atoms with Gasteiger partial charge >= 0.3 is 5.97 Å². The number of carboxylic acids is 1. The van der Waals surface area contributed by atoms with E-state index in [0.717, 1.165) is 12.2 Å². The quantitative estimate of drug-likeness (QED) is 0.726. The molecular formula is C20H28O3. The molecule has 3 aliphatic carbocycles. The monoisotopic (exact) mass is 316 g/mol. The van der Waals surface area contributed by atoms with E-state index in [-0.39, 0.29) is 6.42 Å². The summed E-state index contributed by atoms with van der Waals surface area (Å²) in [5.74, 6) is 0.0433. The van der Waals surface area contributed by atoms with Gasteiger partial charge in [-0.05, 0) is 55.2 Å². The van der Waals surface area contributed by atoms with Crippen molar-refractivity contribution in [2.75, 3.05) is 6.61 Å². The van der Waals surface area contributed by atoms with Crippen LogP contribution in [-0.4, -0.2) is 17.7 Å². The van der Waals surface area contributed by atoms with Crippen molar-refractivity contribution in [3.8, 4) is 0 Å². The van der Waals surface area contributed by atoms with Crippen LogP contribution in [0.1, 0.15) is 64.7 Å². The summed E-state index contributed by atoms with van der Waals surface area (Å²) in [6.45, 7) is 2.59. The van der Waals surface area contributed by atoms with E-state index >= 15 is 0 Å². The Kier molecular flexibility index (Phi) is 4.65. The molecule has 3 heteroatoms. The van der Waals surface area contributed by atoms with Gasteiger partial charge in [-0.1, -0.05) is 38.3 Å². The summed E-state index contributed by atoms with van der Waals surface area (Å²) in [7, 11) is 0. The molecule has 3 nitrogen and oxygen atoms in total. The Hall–Kier alpha value is -1.51. The highest BCUT2D eigenvalue weighted by Crippen LogP contribution is 2.45. The summed E-state index contributed by atoms with van der Waals surface area (Å²) in [6.07, 6.45) is 19.0. The Bertz CT molecular complexity index is 549. The van der Waals surface area contributed by atoms with Gasteiger partial charge in [0.1, 0.15) is 12.4 Å². The van der Waals surface area contributed by atoms with E-state index in [1.54, 1.807) is 0 Å². The van der Waals surface area contributed by atoms with E-state index in [1.807, 2.05) is 25.2 Å². The van der Waals surface area contributed by atoms with Gasteiger partial charge in [-0.2, -0.15) is 0 Å². The second-order valence-corrected chi connectivity index (χ2v) is 7.82. The van der Waals surface area contributed by atoms with Gasteiger partial charge in [0, 0.05) is 5.41 Å². The Morgan fingerprint density at radius 2 is 1.91 bits per heavy atom. The van der Waals surface area contributed by atoms with Crippen molar-refractivity contribution in [2.45, 2.75) is 64.7 Å². The lowest BCUT2D eigenvalue weighted by Gasteiger charge is -2.38. The number of hydrogen-bond donors (Lipinski definition) is 1.